The van der Waals surface area contributed by atoms with Gasteiger partial charge in [-0.3, -0.25) is 4.79 Å². The molecule has 104 valence electrons. The average molecular weight is 283 g/mol. The van der Waals surface area contributed by atoms with Gasteiger partial charge in [-0.25, -0.2) is 9.97 Å². The minimum Gasteiger partial charge on any atom is -0.368 e. The molecule has 2 heterocycles. The van der Waals surface area contributed by atoms with Gasteiger partial charge in [-0.05, 0) is 6.42 Å². The molecule has 1 unspecified atom stereocenters. The standard InChI is InChI=1S/C13H19ClN4O/c1-13(2,3)12-17-9(14)6-10(18-12)15-7-8-4-5-11(19)16-8/h6,8H,4-5,7H2,1-3H3,(H,16,19)(H,15,17,18). The van der Waals surface area contributed by atoms with Crippen molar-refractivity contribution in [1.29, 1.82) is 0 Å². The summed E-state index contributed by atoms with van der Waals surface area (Å²) in [6.45, 7) is 6.78. The van der Waals surface area contributed by atoms with Crippen LogP contribution in [0.3, 0.4) is 0 Å². The summed E-state index contributed by atoms with van der Waals surface area (Å²) in [5, 5.41) is 6.54. The van der Waals surface area contributed by atoms with Crippen LogP contribution in [0.25, 0.3) is 0 Å². The maximum absolute atomic E-state index is 11.1. The van der Waals surface area contributed by atoms with Crippen LogP contribution in [-0.4, -0.2) is 28.5 Å². The molecule has 1 aliphatic heterocycles. The molecule has 0 saturated carbocycles. The summed E-state index contributed by atoms with van der Waals surface area (Å²) in [5.41, 5.74) is -0.150. The molecule has 0 aromatic carbocycles. The Bertz CT molecular complexity index is 484. The Labute approximate surface area is 118 Å². The monoisotopic (exact) mass is 282 g/mol. The molecule has 2 rings (SSSR count). The van der Waals surface area contributed by atoms with Gasteiger partial charge in [0.05, 0.1) is 0 Å². The highest BCUT2D eigenvalue weighted by Gasteiger charge is 2.21. The largest absolute Gasteiger partial charge is 0.368 e. The maximum atomic E-state index is 11.1. The molecule has 0 aliphatic carbocycles. The molecule has 1 aromatic heterocycles. The number of halogens is 1. The maximum Gasteiger partial charge on any atom is 0.220 e. The third kappa shape index (κ3) is 3.80. The van der Waals surface area contributed by atoms with Crippen LogP contribution in [0.4, 0.5) is 5.82 Å². The van der Waals surface area contributed by atoms with Crippen LogP contribution in [0.2, 0.25) is 5.15 Å². The third-order valence-electron chi connectivity index (χ3n) is 2.98. The van der Waals surface area contributed by atoms with Crippen molar-refractivity contribution in [1.82, 2.24) is 15.3 Å². The van der Waals surface area contributed by atoms with Crippen molar-refractivity contribution in [3.05, 3.63) is 17.0 Å². The van der Waals surface area contributed by atoms with Crippen molar-refractivity contribution < 1.29 is 4.79 Å². The Hall–Kier alpha value is -1.36. The number of nitrogens with one attached hydrogen (secondary N) is 2. The van der Waals surface area contributed by atoms with E-state index in [1.165, 1.54) is 0 Å². The van der Waals surface area contributed by atoms with E-state index in [1.54, 1.807) is 6.07 Å². The summed E-state index contributed by atoms with van der Waals surface area (Å²) >= 11 is 6.01. The van der Waals surface area contributed by atoms with Gasteiger partial charge in [-0.2, -0.15) is 0 Å². The quantitative estimate of drug-likeness (QED) is 0.834. The zero-order valence-corrected chi connectivity index (χ0v) is 12.2. The Balaban J connectivity index is 2.04. The number of hydrogen-bond acceptors (Lipinski definition) is 4. The predicted octanol–water partition coefficient (Wildman–Crippen LogP) is 2.12. The second kappa shape index (κ2) is 5.33. The lowest BCUT2D eigenvalue weighted by Crippen LogP contribution is -2.32. The van der Waals surface area contributed by atoms with E-state index in [4.69, 9.17) is 11.6 Å². The molecule has 0 spiro atoms. The average Bonchev–Trinajstić information content (AvgIpc) is 2.71. The number of rotatable bonds is 3. The molecule has 5 nitrogen and oxygen atoms in total. The van der Waals surface area contributed by atoms with Crippen molar-refractivity contribution in [2.45, 2.75) is 45.1 Å². The third-order valence-corrected chi connectivity index (χ3v) is 3.17. The number of aromatic nitrogens is 2. The van der Waals surface area contributed by atoms with Crippen LogP contribution in [0.15, 0.2) is 6.07 Å². The van der Waals surface area contributed by atoms with E-state index in [-0.39, 0.29) is 17.4 Å². The summed E-state index contributed by atoms with van der Waals surface area (Å²) in [6, 6.07) is 1.87. The molecule has 2 N–H and O–H groups in total. The van der Waals surface area contributed by atoms with Crippen LogP contribution in [0, 0.1) is 0 Å². The lowest BCUT2D eigenvalue weighted by molar-refractivity contribution is -0.119. The zero-order valence-electron chi connectivity index (χ0n) is 11.5. The number of carbonyl (C=O) groups is 1. The number of anilines is 1. The van der Waals surface area contributed by atoms with Crippen LogP contribution in [-0.2, 0) is 10.2 Å². The van der Waals surface area contributed by atoms with E-state index in [1.807, 2.05) is 20.8 Å². The molecular weight excluding hydrogens is 264 g/mol. The highest BCUT2D eigenvalue weighted by atomic mass is 35.5. The summed E-state index contributed by atoms with van der Waals surface area (Å²) in [4.78, 5) is 19.8. The van der Waals surface area contributed by atoms with Gasteiger partial charge in [-0.1, -0.05) is 32.4 Å². The molecule has 1 aromatic rings. The van der Waals surface area contributed by atoms with Crippen LogP contribution >= 0.6 is 11.6 Å². The fraction of sp³-hybridized carbons (Fsp3) is 0.615. The van der Waals surface area contributed by atoms with Gasteiger partial charge < -0.3 is 10.6 Å². The van der Waals surface area contributed by atoms with E-state index in [0.717, 1.165) is 6.42 Å². The van der Waals surface area contributed by atoms with Gasteiger partial charge in [-0.15, -0.1) is 0 Å². The van der Waals surface area contributed by atoms with Gasteiger partial charge in [0, 0.05) is 30.5 Å². The second-order valence-corrected chi connectivity index (χ2v) is 6.22. The number of carbonyl (C=O) groups excluding carboxylic acids is 1. The number of nitrogens with zero attached hydrogens (tertiary/aromatic N) is 2. The molecule has 1 aliphatic rings. The molecule has 1 amide bonds. The Morgan fingerprint density at radius 3 is 2.79 bits per heavy atom. The lowest BCUT2D eigenvalue weighted by atomic mass is 9.96. The molecule has 1 saturated heterocycles. The van der Waals surface area contributed by atoms with Crippen LogP contribution < -0.4 is 10.6 Å². The summed E-state index contributed by atoms with van der Waals surface area (Å²) < 4.78 is 0. The van der Waals surface area contributed by atoms with Crippen molar-refractivity contribution in [3.8, 4) is 0 Å². The van der Waals surface area contributed by atoms with Crippen molar-refractivity contribution >= 4 is 23.3 Å². The molecule has 6 heteroatoms. The smallest absolute Gasteiger partial charge is 0.220 e. The first-order valence-corrected chi connectivity index (χ1v) is 6.81. The molecule has 0 radical (unpaired) electrons. The Kier molecular flexibility index (Phi) is 3.94. The van der Waals surface area contributed by atoms with Crippen LogP contribution in [0.5, 0.6) is 0 Å². The first kappa shape index (κ1) is 14.1. The molecule has 1 fully saturated rings. The Morgan fingerprint density at radius 1 is 1.47 bits per heavy atom. The van der Waals surface area contributed by atoms with E-state index < -0.39 is 0 Å². The minimum atomic E-state index is -0.150. The summed E-state index contributed by atoms with van der Waals surface area (Å²) in [6.07, 6.45) is 1.46. The van der Waals surface area contributed by atoms with Crippen molar-refractivity contribution in [2.75, 3.05) is 11.9 Å². The van der Waals surface area contributed by atoms with Crippen molar-refractivity contribution in [3.63, 3.8) is 0 Å². The first-order valence-electron chi connectivity index (χ1n) is 6.43. The van der Waals surface area contributed by atoms with Gasteiger partial charge in [0.15, 0.2) is 0 Å². The molecule has 19 heavy (non-hydrogen) atoms. The normalized spacial score (nSPS) is 19.4. The van der Waals surface area contributed by atoms with Gasteiger partial charge in [0.1, 0.15) is 16.8 Å². The van der Waals surface area contributed by atoms with E-state index in [2.05, 4.69) is 20.6 Å². The minimum absolute atomic E-state index is 0.114. The second-order valence-electron chi connectivity index (χ2n) is 5.83. The van der Waals surface area contributed by atoms with Crippen LogP contribution in [0.1, 0.15) is 39.4 Å². The van der Waals surface area contributed by atoms with Gasteiger partial charge >= 0.3 is 0 Å². The highest BCUT2D eigenvalue weighted by Crippen LogP contribution is 2.22. The topological polar surface area (TPSA) is 66.9 Å². The fourth-order valence-corrected chi connectivity index (χ4v) is 2.09. The SMILES string of the molecule is CC(C)(C)c1nc(Cl)cc(NCC2CCC(=O)N2)n1. The van der Waals surface area contributed by atoms with Crippen molar-refractivity contribution in [2.24, 2.45) is 0 Å². The predicted molar refractivity (Wildman–Crippen MR) is 75.4 cm³/mol. The molecular formula is C13H19ClN4O. The molecule has 0 bridgehead atoms. The first-order chi connectivity index (χ1) is 8.84. The van der Waals surface area contributed by atoms with E-state index >= 15 is 0 Å². The number of hydrogen-bond donors (Lipinski definition) is 2. The van der Waals surface area contributed by atoms with Gasteiger partial charge in [0.2, 0.25) is 5.91 Å². The van der Waals surface area contributed by atoms with E-state index in [0.29, 0.717) is 29.8 Å². The lowest BCUT2D eigenvalue weighted by Gasteiger charge is -2.18. The fourth-order valence-electron chi connectivity index (χ4n) is 1.90. The summed E-state index contributed by atoms with van der Waals surface area (Å²) in [7, 11) is 0. The zero-order chi connectivity index (χ0) is 14.0. The number of amides is 1. The summed E-state index contributed by atoms with van der Waals surface area (Å²) in [5.74, 6) is 1.52. The highest BCUT2D eigenvalue weighted by molar-refractivity contribution is 6.29. The van der Waals surface area contributed by atoms with E-state index in [9.17, 15) is 4.79 Å². The van der Waals surface area contributed by atoms with Gasteiger partial charge in [0.25, 0.3) is 0 Å². The molecule has 1 atom stereocenters. The Morgan fingerprint density at radius 2 is 2.21 bits per heavy atom.